The molecule has 0 aliphatic rings. The number of carbonyl (C=O) groups excluding carboxylic acids is 3. The molecule has 0 bridgehead atoms. The number of ether oxygens (including phenoxy) is 12. The van der Waals surface area contributed by atoms with Gasteiger partial charge in [-0.05, 0) is 20.8 Å². The predicted molar refractivity (Wildman–Crippen MR) is 180 cm³/mol. The second kappa shape index (κ2) is 32.3. The summed E-state index contributed by atoms with van der Waals surface area (Å²) in [5.41, 5.74) is -0.189. The van der Waals surface area contributed by atoms with Crippen molar-refractivity contribution >= 4 is 17.7 Å². The highest BCUT2D eigenvalue weighted by molar-refractivity contribution is 6.40. The number of Topliss-reactive ketones (excluding diaryl/α,β-unsaturated/α-hetero) is 1. The molecule has 1 aromatic rings. The van der Waals surface area contributed by atoms with Crippen molar-refractivity contribution < 1.29 is 71.2 Å². The van der Waals surface area contributed by atoms with Crippen LogP contribution in [0.15, 0.2) is 30.3 Å². The summed E-state index contributed by atoms with van der Waals surface area (Å²) in [5, 5.41) is 0. The number of carbonyl (C=O) groups is 3. The number of benzene rings is 1. The summed E-state index contributed by atoms with van der Waals surface area (Å²) in [5.74, 6) is -1.85. The van der Waals surface area contributed by atoms with Crippen molar-refractivity contribution in [3.63, 3.8) is 0 Å². The summed E-state index contributed by atoms with van der Waals surface area (Å²) >= 11 is 0. The van der Waals surface area contributed by atoms with Gasteiger partial charge in [-0.2, -0.15) is 0 Å². The lowest BCUT2D eigenvalue weighted by atomic mass is 10.1. The van der Waals surface area contributed by atoms with Crippen LogP contribution in [-0.4, -0.2) is 162 Å². The van der Waals surface area contributed by atoms with Crippen LogP contribution >= 0.6 is 0 Å². The molecular weight excluding hydrogens is 660 g/mol. The van der Waals surface area contributed by atoms with Gasteiger partial charge in [0.2, 0.25) is 0 Å². The number of hydrogen-bond donors (Lipinski definition) is 0. The molecule has 1 aromatic carbocycles. The standard InChI is InChI=1S/C35H58O15/c1-35(2,3)50-32(36)9-10-39-11-12-40-13-14-41-15-16-42-17-18-43-19-20-44-21-22-45-23-24-46-25-26-47-27-28-48-29-30-49-34(38)33(37)31-7-5-4-6-8-31/h4-8H,9-30H2,1-3H3. The van der Waals surface area contributed by atoms with Crippen LogP contribution in [0.5, 0.6) is 0 Å². The smallest absolute Gasteiger partial charge is 0.379 e. The number of ketones is 1. The van der Waals surface area contributed by atoms with Gasteiger partial charge in [0, 0.05) is 5.56 Å². The second-order valence-corrected chi connectivity index (χ2v) is 11.3. The van der Waals surface area contributed by atoms with Gasteiger partial charge in [-0.25, -0.2) is 4.79 Å². The fraction of sp³-hybridized carbons (Fsp3) is 0.743. The Hall–Kier alpha value is -2.57. The maximum Gasteiger partial charge on any atom is 0.379 e. The maximum absolute atomic E-state index is 11.9. The molecule has 0 aliphatic carbocycles. The highest BCUT2D eigenvalue weighted by Crippen LogP contribution is 2.08. The lowest BCUT2D eigenvalue weighted by molar-refractivity contribution is -0.156. The van der Waals surface area contributed by atoms with E-state index in [-0.39, 0.29) is 25.6 Å². The molecule has 0 saturated carbocycles. The third-order valence-corrected chi connectivity index (χ3v) is 5.90. The van der Waals surface area contributed by atoms with Crippen LogP contribution in [0.25, 0.3) is 0 Å². The summed E-state index contributed by atoms with van der Waals surface area (Å²) in [4.78, 5) is 35.2. The van der Waals surface area contributed by atoms with E-state index in [2.05, 4.69) is 0 Å². The molecule has 0 unspecified atom stereocenters. The van der Waals surface area contributed by atoms with Crippen molar-refractivity contribution in [1.82, 2.24) is 0 Å². The van der Waals surface area contributed by atoms with E-state index in [0.29, 0.717) is 131 Å². The van der Waals surface area contributed by atoms with Crippen molar-refractivity contribution in [2.45, 2.75) is 32.8 Å². The first-order chi connectivity index (χ1) is 24.3. The Morgan fingerprint density at radius 3 is 1.06 bits per heavy atom. The molecule has 15 nitrogen and oxygen atoms in total. The molecule has 0 spiro atoms. The maximum atomic E-state index is 11.9. The molecule has 15 heteroatoms. The zero-order valence-electron chi connectivity index (χ0n) is 30.1. The normalized spacial score (nSPS) is 11.5. The van der Waals surface area contributed by atoms with Crippen LogP contribution in [0.3, 0.4) is 0 Å². The summed E-state index contributed by atoms with van der Waals surface area (Å²) < 4.78 is 64.4. The van der Waals surface area contributed by atoms with Gasteiger partial charge in [0.15, 0.2) is 0 Å². The van der Waals surface area contributed by atoms with Crippen LogP contribution in [0.4, 0.5) is 0 Å². The molecular formula is C35H58O15. The van der Waals surface area contributed by atoms with Crippen molar-refractivity contribution in [3.8, 4) is 0 Å². The average Bonchev–Trinajstić information content (AvgIpc) is 3.09. The van der Waals surface area contributed by atoms with Crippen molar-refractivity contribution in [2.75, 3.05) is 139 Å². The van der Waals surface area contributed by atoms with E-state index < -0.39 is 17.4 Å². The lowest BCUT2D eigenvalue weighted by Crippen LogP contribution is -2.24. The van der Waals surface area contributed by atoms with E-state index in [4.69, 9.17) is 56.8 Å². The number of esters is 2. The molecule has 0 N–H and O–H groups in total. The van der Waals surface area contributed by atoms with Crippen molar-refractivity contribution in [1.29, 1.82) is 0 Å². The second-order valence-electron chi connectivity index (χ2n) is 11.3. The Kier molecular flexibility index (Phi) is 29.4. The zero-order valence-corrected chi connectivity index (χ0v) is 30.1. The van der Waals surface area contributed by atoms with E-state index in [0.717, 1.165) is 0 Å². The van der Waals surface area contributed by atoms with Gasteiger partial charge < -0.3 is 56.8 Å². The minimum absolute atomic E-state index is 0.00734. The molecule has 0 atom stereocenters. The fourth-order valence-corrected chi connectivity index (χ4v) is 3.60. The highest BCUT2D eigenvalue weighted by Gasteiger charge is 2.17. The minimum Gasteiger partial charge on any atom is -0.460 e. The third kappa shape index (κ3) is 30.3. The van der Waals surface area contributed by atoms with Gasteiger partial charge in [0.25, 0.3) is 5.78 Å². The van der Waals surface area contributed by atoms with Crippen molar-refractivity contribution in [2.24, 2.45) is 0 Å². The van der Waals surface area contributed by atoms with Crippen LogP contribution in [0.2, 0.25) is 0 Å². The molecule has 0 saturated heterocycles. The molecule has 0 aromatic heterocycles. The fourth-order valence-electron chi connectivity index (χ4n) is 3.60. The van der Waals surface area contributed by atoms with E-state index >= 15 is 0 Å². The summed E-state index contributed by atoms with van der Waals surface area (Å²) in [6, 6.07) is 8.24. The number of rotatable bonds is 35. The minimum atomic E-state index is -0.901. The van der Waals surface area contributed by atoms with Gasteiger partial charge in [0.05, 0.1) is 139 Å². The first-order valence-electron chi connectivity index (χ1n) is 17.1. The molecule has 0 aliphatic heterocycles. The first kappa shape index (κ1) is 45.5. The summed E-state index contributed by atoms with van der Waals surface area (Å²) in [6.07, 6.45) is 0.224. The molecule has 0 radical (unpaired) electrons. The average molecular weight is 719 g/mol. The quantitative estimate of drug-likeness (QED) is 0.0435. The molecule has 50 heavy (non-hydrogen) atoms. The number of hydrogen-bond acceptors (Lipinski definition) is 15. The van der Waals surface area contributed by atoms with Gasteiger partial charge in [-0.15, -0.1) is 0 Å². The van der Waals surface area contributed by atoms with Gasteiger partial charge in [0.1, 0.15) is 12.2 Å². The predicted octanol–water partition coefficient (Wildman–Crippen LogP) is 2.31. The van der Waals surface area contributed by atoms with Crippen molar-refractivity contribution in [3.05, 3.63) is 35.9 Å². The molecule has 1 rings (SSSR count). The Labute approximate surface area is 296 Å². The third-order valence-electron chi connectivity index (χ3n) is 5.90. The SMILES string of the molecule is CC(C)(C)OC(=O)CCOCCOCCOCCOCCOCCOCCOCCOCCOCCOCCOC(=O)C(=O)c1ccccc1. The Balaban J connectivity index is 1.67. The van der Waals surface area contributed by atoms with Crippen LogP contribution in [0, 0.1) is 0 Å². The lowest BCUT2D eigenvalue weighted by Gasteiger charge is -2.19. The largest absolute Gasteiger partial charge is 0.460 e. The van der Waals surface area contributed by atoms with Gasteiger partial charge in [-0.3, -0.25) is 9.59 Å². The highest BCUT2D eigenvalue weighted by atomic mass is 16.6. The topological polar surface area (TPSA) is 162 Å². The Morgan fingerprint density at radius 2 is 0.740 bits per heavy atom. The first-order valence-corrected chi connectivity index (χ1v) is 17.1. The monoisotopic (exact) mass is 718 g/mol. The van der Waals surface area contributed by atoms with E-state index in [1.54, 1.807) is 30.3 Å². The van der Waals surface area contributed by atoms with Crippen LogP contribution in [0.1, 0.15) is 37.6 Å². The Bertz CT molecular complexity index is 955. The molecule has 0 amide bonds. The molecule has 0 heterocycles. The summed E-state index contributed by atoms with van der Waals surface area (Å²) in [7, 11) is 0. The summed E-state index contributed by atoms with van der Waals surface area (Å²) in [6.45, 7) is 13.9. The van der Waals surface area contributed by atoms with Gasteiger partial charge in [-0.1, -0.05) is 30.3 Å². The van der Waals surface area contributed by atoms with Crippen LogP contribution in [-0.2, 0) is 66.4 Å². The zero-order chi connectivity index (χ0) is 36.4. The van der Waals surface area contributed by atoms with Crippen LogP contribution < -0.4 is 0 Å². The van der Waals surface area contributed by atoms with Gasteiger partial charge >= 0.3 is 11.9 Å². The van der Waals surface area contributed by atoms with E-state index in [1.807, 2.05) is 20.8 Å². The van der Waals surface area contributed by atoms with E-state index in [1.165, 1.54) is 0 Å². The molecule has 288 valence electrons. The van der Waals surface area contributed by atoms with E-state index in [9.17, 15) is 14.4 Å². The Morgan fingerprint density at radius 1 is 0.440 bits per heavy atom. The molecule has 0 fully saturated rings.